The molecule has 6 heteroatoms. The first-order valence-corrected chi connectivity index (χ1v) is 9.65. The molecule has 0 unspecified atom stereocenters. The van der Waals surface area contributed by atoms with Gasteiger partial charge >= 0.3 is 0 Å². The second-order valence-corrected chi connectivity index (χ2v) is 7.21. The molecular weight excluding hydrogens is 372 g/mol. The number of methoxy groups -OCH3 is 1. The Morgan fingerprint density at radius 1 is 1.14 bits per heavy atom. The fraction of sp³-hybridized carbons (Fsp3) is 0.0909. The number of hydrogen-bond donors (Lipinski definition) is 2. The predicted molar refractivity (Wildman–Crippen MR) is 114 cm³/mol. The molecule has 0 fully saturated rings. The summed E-state index contributed by atoms with van der Waals surface area (Å²) in [6.45, 7) is 1.45. The van der Waals surface area contributed by atoms with Crippen molar-refractivity contribution in [1.82, 2.24) is 0 Å². The van der Waals surface area contributed by atoms with Crippen molar-refractivity contribution in [2.24, 2.45) is 0 Å². The molecule has 0 saturated heterocycles. The van der Waals surface area contributed by atoms with E-state index in [1.54, 1.807) is 30.6 Å². The number of carbonyl (C=O) groups is 2. The van der Waals surface area contributed by atoms with Gasteiger partial charge in [-0.2, -0.15) is 11.3 Å². The maximum Gasteiger partial charge on any atom is 0.256 e. The number of carbonyl (C=O) groups excluding carboxylic acids is 2. The molecule has 2 aromatic carbocycles. The summed E-state index contributed by atoms with van der Waals surface area (Å²) in [5, 5.41) is 9.68. The summed E-state index contributed by atoms with van der Waals surface area (Å²) in [6, 6.07) is 13.3. The molecule has 0 atom stereocenters. The molecule has 3 aromatic rings. The molecule has 140 valence electrons. The van der Waals surface area contributed by atoms with Crippen LogP contribution in [0, 0.1) is 0 Å². The van der Waals surface area contributed by atoms with Crippen LogP contribution in [0.25, 0.3) is 22.8 Å². The Kier molecular flexibility index (Phi) is 4.71. The van der Waals surface area contributed by atoms with E-state index in [1.807, 2.05) is 41.8 Å². The lowest BCUT2D eigenvalue weighted by Gasteiger charge is -2.09. The molecule has 0 saturated carbocycles. The van der Waals surface area contributed by atoms with E-state index >= 15 is 0 Å². The molecule has 4 rings (SSSR count). The Bertz CT molecular complexity index is 1100. The van der Waals surface area contributed by atoms with Crippen LogP contribution in [0.1, 0.15) is 18.1 Å². The fourth-order valence-electron chi connectivity index (χ4n) is 3.24. The lowest BCUT2D eigenvalue weighted by atomic mass is 10.00. The normalized spacial score (nSPS) is 13.9. The van der Waals surface area contributed by atoms with Crippen LogP contribution in [-0.4, -0.2) is 18.9 Å². The molecule has 0 aliphatic carbocycles. The van der Waals surface area contributed by atoms with Crippen LogP contribution in [0.3, 0.4) is 0 Å². The summed E-state index contributed by atoms with van der Waals surface area (Å²) in [5.41, 5.74) is 5.71. The van der Waals surface area contributed by atoms with Crippen LogP contribution in [0.5, 0.6) is 5.75 Å². The maximum atomic E-state index is 12.5. The highest BCUT2D eigenvalue weighted by molar-refractivity contribution is 7.08. The summed E-state index contributed by atoms with van der Waals surface area (Å²) in [7, 11) is 1.65. The quantitative estimate of drug-likeness (QED) is 0.624. The highest BCUT2D eigenvalue weighted by Crippen LogP contribution is 2.37. The molecule has 0 spiro atoms. The van der Waals surface area contributed by atoms with E-state index in [-0.39, 0.29) is 11.8 Å². The van der Waals surface area contributed by atoms with Crippen molar-refractivity contribution in [3.63, 3.8) is 0 Å². The zero-order valence-electron chi connectivity index (χ0n) is 15.4. The van der Waals surface area contributed by atoms with Gasteiger partial charge in [0.25, 0.3) is 5.91 Å². The Labute approximate surface area is 166 Å². The van der Waals surface area contributed by atoms with Crippen LogP contribution in [0.4, 0.5) is 11.4 Å². The minimum atomic E-state index is -0.164. The van der Waals surface area contributed by atoms with Gasteiger partial charge in [-0.3, -0.25) is 9.59 Å². The van der Waals surface area contributed by atoms with Crippen LogP contribution in [-0.2, 0) is 9.59 Å². The summed E-state index contributed by atoms with van der Waals surface area (Å²) in [4.78, 5) is 23.8. The van der Waals surface area contributed by atoms with Crippen molar-refractivity contribution in [3.05, 3.63) is 64.4 Å². The Hall–Kier alpha value is -3.38. The van der Waals surface area contributed by atoms with Crippen molar-refractivity contribution in [2.45, 2.75) is 6.92 Å². The number of fused-ring (bicyclic) bond motifs is 1. The zero-order valence-corrected chi connectivity index (χ0v) is 16.2. The fourth-order valence-corrected chi connectivity index (χ4v) is 3.90. The molecule has 0 bridgehead atoms. The van der Waals surface area contributed by atoms with Gasteiger partial charge in [-0.15, -0.1) is 0 Å². The first-order chi connectivity index (χ1) is 13.5. The van der Waals surface area contributed by atoms with Gasteiger partial charge in [-0.1, -0.05) is 12.1 Å². The van der Waals surface area contributed by atoms with Crippen LogP contribution in [0.15, 0.2) is 53.2 Å². The number of nitrogens with one attached hydrogen (secondary N) is 2. The molecule has 1 aliphatic heterocycles. The van der Waals surface area contributed by atoms with Gasteiger partial charge in [0.2, 0.25) is 5.91 Å². The van der Waals surface area contributed by atoms with E-state index < -0.39 is 0 Å². The zero-order chi connectivity index (χ0) is 19.7. The summed E-state index contributed by atoms with van der Waals surface area (Å²) in [5.74, 6) is 0.471. The van der Waals surface area contributed by atoms with E-state index in [1.165, 1.54) is 6.92 Å². The molecule has 0 radical (unpaired) electrons. The standard InChI is InChI=1S/C22H18N2O3S/c1-13(25)23-16-4-5-17-19(22(26)24-20(17)11-16)10-14-3-6-21(27-2)18(9-14)15-7-8-28-12-15/h3-12H,1-2H3,(H,23,25)(H,24,26)/b19-10+. The van der Waals surface area contributed by atoms with Gasteiger partial charge in [0.15, 0.2) is 0 Å². The van der Waals surface area contributed by atoms with E-state index in [4.69, 9.17) is 4.74 Å². The third kappa shape index (κ3) is 3.42. The number of rotatable bonds is 4. The van der Waals surface area contributed by atoms with E-state index in [9.17, 15) is 9.59 Å². The number of thiophene rings is 1. The van der Waals surface area contributed by atoms with E-state index in [2.05, 4.69) is 16.0 Å². The average Bonchev–Trinajstić information content (AvgIpc) is 3.30. The van der Waals surface area contributed by atoms with Gasteiger partial charge in [0.05, 0.1) is 12.8 Å². The molecule has 1 aliphatic rings. The third-order valence-electron chi connectivity index (χ3n) is 4.49. The van der Waals surface area contributed by atoms with Gasteiger partial charge in [0.1, 0.15) is 5.75 Å². The first-order valence-electron chi connectivity index (χ1n) is 8.71. The number of benzene rings is 2. The van der Waals surface area contributed by atoms with Gasteiger partial charge in [-0.05, 0) is 58.3 Å². The van der Waals surface area contributed by atoms with Crippen molar-refractivity contribution in [2.75, 3.05) is 17.7 Å². The third-order valence-corrected chi connectivity index (χ3v) is 5.17. The number of amides is 2. The second kappa shape index (κ2) is 7.32. The molecule has 2 amide bonds. The van der Waals surface area contributed by atoms with Crippen LogP contribution < -0.4 is 15.4 Å². The lowest BCUT2D eigenvalue weighted by Crippen LogP contribution is -2.06. The Morgan fingerprint density at radius 3 is 2.71 bits per heavy atom. The average molecular weight is 390 g/mol. The van der Waals surface area contributed by atoms with E-state index in [0.29, 0.717) is 16.9 Å². The smallest absolute Gasteiger partial charge is 0.256 e. The topological polar surface area (TPSA) is 67.4 Å². The number of ether oxygens (including phenoxy) is 1. The molecular formula is C22H18N2O3S. The van der Waals surface area contributed by atoms with Crippen LogP contribution in [0.2, 0.25) is 0 Å². The molecule has 1 aromatic heterocycles. The van der Waals surface area contributed by atoms with Crippen molar-refractivity contribution >= 4 is 46.2 Å². The minimum Gasteiger partial charge on any atom is -0.496 e. The summed E-state index contributed by atoms with van der Waals surface area (Å²) in [6.07, 6.45) is 1.87. The van der Waals surface area contributed by atoms with Crippen molar-refractivity contribution < 1.29 is 14.3 Å². The lowest BCUT2D eigenvalue weighted by molar-refractivity contribution is -0.114. The van der Waals surface area contributed by atoms with E-state index in [0.717, 1.165) is 28.0 Å². The van der Waals surface area contributed by atoms with Gasteiger partial charge in [-0.25, -0.2) is 0 Å². The van der Waals surface area contributed by atoms with Gasteiger partial charge in [0, 0.05) is 29.3 Å². The highest BCUT2D eigenvalue weighted by atomic mass is 32.1. The van der Waals surface area contributed by atoms with Crippen LogP contribution >= 0.6 is 11.3 Å². The largest absolute Gasteiger partial charge is 0.496 e. The number of hydrogen-bond acceptors (Lipinski definition) is 4. The molecule has 5 nitrogen and oxygen atoms in total. The maximum absolute atomic E-state index is 12.5. The minimum absolute atomic E-state index is 0.153. The summed E-state index contributed by atoms with van der Waals surface area (Å²) < 4.78 is 5.49. The van der Waals surface area contributed by atoms with Crippen molar-refractivity contribution in [1.29, 1.82) is 0 Å². The Morgan fingerprint density at radius 2 is 2.00 bits per heavy atom. The molecule has 28 heavy (non-hydrogen) atoms. The molecule has 2 heterocycles. The number of anilines is 2. The second-order valence-electron chi connectivity index (χ2n) is 6.43. The van der Waals surface area contributed by atoms with Crippen molar-refractivity contribution in [3.8, 4) is 16.9 Å². The monoisotopic (exact) mass is 390 g/mol. The SMILES string of the molecule is COc1ccc(/C=C2/C(=O)Nc3cc(NC(C)=O)ccc32)cc1-c1ccsc1. The first kappa shape index (κ1) is 18.0. The molecule has 2 N–H and O–H groups in total. The summed E-state index contributed by atoms with van der Waals surface area (Å²) >= 11 is 1.62. The highest BCUT2D eigenvalue weighted by Gasteiger charge is 2.24. The van der Waals surface area contributed by atoms with Gasteiger partial charge < -0.3 is 15.4 Å². The Balaban J connectivity index is 1.73. The predicted octanol–water partition coefficient (Wildman–Crippen LogP) is 4.87.